The summed E-state index contributed by atoms with van der Waals surface area (Å²) in [6, 6.07) is 5.11. The molecular formula is C12H17ClN2O2. The third-order valence-electron chi connectivity index (χ3n) is 2.48. The maximum Gasteiger partial charge on any atom is 0.227 e. The molecule has 1 aromatic rings. The highest BCUT2D eigenvalue weighted by atomic mass is 35.5. The molecule has 0 spiro atoms. The van der Waals surface area contributed by atoms with Crippen molar-refractivity contribution < 1.29 is 9.53 Å². The lowest BCUT2D eigenvalue weighted by molar-refractivity contribution is -0.119. The number of nitrogens with one attached hydrogen (secondary N) is 1. The molecule has 0 aliphatic heterocycles. The third kappa shape index (κ3) is 3.91. The van der Waals surface area contributed by atoms with Crippen LogP contribution >= 0.6 is 11.6 Å². The summed E-state index contributed by atoms with van der Waals surface area (Å²) < 4.78 is 5.07. The van der Waals surface area contributed by atoms with Gasteiger partial charge in [-0.2, -0.15) is 0 Å². The molecule has 0 bridgehead atoms. The van der Waals surface area contributed by atoms with Gasteiger partial charge in [0.05, 0.1) is 17.8 Å². The number of methoxy groups -OCH3 is 1. The molecule has 0 fully saturated rings. The van der Waals surface area contributed by atoms with E-state index in [1.807, 2.05) is 6.92 Å². The second-order valence-electron chi connectivity index (χ2n) is 3.81. The van der Waals surface area contributed by atoms with Crippen LogP contribution in [0.5, 0.6) is 5.75 Å². The van der Waals surface area contributed by atoms with Gasteiger partial charge in [-0.3, -0.25) is 4.79 Å². The molecule has 0 aromatic heterocycles. The van der Waals surface area contributed by atoms with Crippen LogP contribution in [-0.4, -0.2) is 19.6 Å². The summed E-state index contributed by atoms with van der Waals surface area (Å²) in [6.45, 7) is 2.32. The van der Waals surface area contributed by atoms with E-state index >= 15 is 0 Å². The van der Waals surface area contributed by atoms with Crippen LogP contribution in [-0.2, 0) is 4.79 Å². The second kappa shape index (κ2) is 6.47. The molecule has 0 saturated heterocycles. The summed E-state index contributed by atoms with van der Waals surface area (Å²) in [4.78, 5) is 11.8. The van der Waals surface area contributed by atoms with Crippen LogP contribution in [0.15, 0.2) is 18.2 Å². The Morgan fingerprint density at radius 3 is 2.88 bits per heavy atom. The third-order valence-corrected chi connectivity index (χ3v) is 2.81. The smallest absolute Gasteiger partial charge is 0.227 e. The van der Waals surface area contributed by atoms with Crippen molar-refractivity contribution in [2.75, 3.05) is 19.0 Å². The van der Waals surface area contributed by atoms with Crippen molar-refractivity contribution in [2.45, 2.75) is 13.3 Å². The number of hydrogen-bond acceptors (Lipinski definition) is 3. The highest BCUT2D eigenvalue weighted by Crippen LogP contribution is 2.27. The van der Waals surface area contributed by atoms with Gasteiger partial charge in [0.15, 0.2) is 0 Å². The summed E-state index contributed by atoms with van der Waals surface area (Å²) in [5, 5.41) is 3.25. The Labute approximate surface area is 106 Å². The van der Waals surface area contributed by atoms with Crippen LogP contribution in [0.2, 0.25) is 5.02 Å². The fourth-order valence-corrected chi connectivity index (χ4v) is 1.53. The maximum absolute atomic E-state index is 11.8. The van der Waals surface area contributed by atoms with Gasteiger partial charge in [-0.1, -0.05) is 18.5 Å². The zero-order valence-corrected chi connectivity index (χ0v) is 10.8. The summed E-state index contributed by atoms with van der Waals surface area (Å²) >= 11 is 5.98. The quantitative estimate of drug-likeness (QED) is 0.849. The van der Waals surface area contributed by atoms with Gasteiger partial charge in [0, 0.05) is 12.0 Å². The zero-order chi connectivity index (χ0) is 12.8. The van der Waals surface area contributed by atoms with E-state index in [1.165, 1.54) is 0 Å². The van der Waals surface area contributed by atoms with Crippen LogP contribution in [0.4, 0.5) is 5.69 Å². The second-order valence-corrected chi connectivity index (χ2v) is 4.22. The number of ether oxygens (including phenoxy) is 1. The molecule has 0 aliphatic carbocycles. The fraction of sp³-hybridized carbons (Fsp3) is 0.417. The lowest BCUT2D eigenvalue weighted by Crippen LogP contribution is -2.22. The van der Waals surface area contributed by atoms with Crippen molar-refractivity contribution in [1.82, 2.24) is 0 Å². The Bertz CT molecular complexity index is 396. The minimum Gasteiger partial charge on any atom is -0.497 e. The van der Waals surface area contributed by atoms with E-state index in [1.54, 1.807) is 25.3 Å². The highest BCUT2D eigenvalue weighted by molar-refractivity contribution is 6.33. The summed E-state index contributed by atoms with van der Waals surface area (Å²) in [5.74, 6) is 0.420. The highest BCUT2D eigenvalue weighted by Gasteiger charge is 2.13. The van der Waals surface area contributed by atoms with Gasteiger partial charge in [0.2, 0.25) is 5.91 Å². The first kappa shape index (κ1) is 13.8. The van der Waals surface area contributed by atoms with E-state index in [-0.39, 0.29) is 11.8 Å². The number of carbonyl (C=O) groups excluding carboxylic acids is 1. The molecule has 0 heterocycles. The van der Waals surface area contributed by atoms with Gasteiger partial charge in [0.1, 0.15) is 5.75 Å². The van der Waals surface area contributed by atoms with Crippen LogP contribution in [0.3, 0.4) is 0 Å². The summed E-state index contributed by atoms with van der Waals surface area (Å²) in [5.41, 5.74) is 5.97. The number of rotatable bonds is 5. The van der Waals surface area contributed by atoms with Gasteiger partial charge < -0.3 is 15.8 Å². The van der Waals surface area contributed by atoms with Crippen LogP contribution in [0.25, 0.3) is 0 Å². The van der Waals surface area contributed by atoms with Crippen molar-refractivity contribution in [1.29, 1.82) is 0 Å². The standard InChI is InChI=1S/C12H17ClN2O2/c1-8(5-6-14)12(16)15-11-7-9(17-2)3-4-10(11)13/h3-4,7-8H,5-6,14H2,1-2H3,(H,15,16). The molecule has 1 amide bonds. The number of amides is 1. The normalized spacial score (nSPS) is 12.0. The first-order valence-electron chi connectivity index (χ1n) is 5.43. The van der Waals surface area contributed by atoms with Crippen LogP contribution in [0.1, 0.15) is 13.3 Å². The van der Waals surface area contributed by atoms with E-state index in [0.29, 0.717) is 29.4 Å². The lowest BCUT2D eigenvalue weighted by atomic mass is 10.1. The Morgan fingerprint density at radius 2 is 2.29 bits per heavy atom. The Balaban J connectivity index is 2.76. The molecule has 94 valence electrons. The van der Waals surface area contributed by atoms with Crippen molar-refractivity contribution in [3.05, 3.63) is 23.2 Å². The topological polar surface area (TPSA) is 64.3 Å². The Morgan fingerprint density at radius 1 is 1.59 bits per heavy atom. The number of halogens is 1. The largest absolute Gasteiger partial charge is 0.497 e. The SMILES string of the molecule is COc1ccc(Cl)c(NC(=O)C(C)CCN)c1. The predicted molar refractivity (Wildman–Crippen MR) is 69.5 cm³/mol. The average molecular weight is 257 g/mol. The van der Waals surface area contributed by atoms with Crippen molar-refractivity contribution in [2.24, 2.45) is 11.7 Å². The fourth-order valence-electron chi connectivity index (χ4n) is 1.36. The molecular weight excluding hydrogens is 240 g/mol. The molecule has 3 N–H and O–H groups in total. The molecule has 0 aliphatic rings. The molecule has 0 radical (unpaired) electrons. The van der Waals surface area contributed by atoms with Crippen LogP contribution in [0, 0.1) is 5.92 Å². The van der Waals surface area contributed by atoms with Crippen molar-refractivity contribution in [3.8, 4) is 5.75 Å². The molecule has 0 saturated carbocycles. The molecule has 4 nitrogen and oxygen atoms in total. The van der Waals surface area contributed by atoms with E-state index < -0.39 is 0 Å². The Kier molecular flexibility index (Phi) is 5.25. The monoisotopic (exact) mass is 256 g/mol. The van der Waals surface area contributed by atoms with Crippen molar-refractivity contribution >= 4 is 23.2 Å². The van der Waals surface area contributed by atoms with E-state index in [4.69, 9.17) is 22.1 Å². The van der Waals surface area contributed by atoms with Gasteiger partial charge in [-0.15, -0.1) is 0 Å². The molecule has 1 unspecified atom stereocenters. The van der Waals surface area contributed by atoms with E-state index in [0.717, 1.165) is 0 Å². The van der Waals surface area contributed by atoms with E-state index in [2.05, 4.69) is 5.32 Å². The van der Waals surface area contributed by atoms with Crippen LogP contribution < -0.4 is 15.8 Å². The number of nitrogens with two attached hydrogens (primary N) is 1. The first-order chi connectivity index (χ1) is 8.08. The molecule has 17 heavy (non-hydrogen) atoms. The van der Waals surface area contributed by atoms with Gasteiger partial charge in [0.25, 0.3) is 0 Å². The van der Waals surface area contributed by atoms with Gasteiger partial charge >= 0.3 is 0 Å². The summed E-state index contributed by atoms with van der Waals surface area (Å²) in [7, 11) is 1.56. The first-order valence-corrected chi connectivity index (χ1v) is 5.80. The van der Waals surface area contributed by atoms with Gasteiger partial charge in [-0.25, -0.2) is 0 Å². The van der Waals surface area contributed by atoms with Crippen molar-refractivity contribution in [3.63, 3.8) is 0 Å². The Hall–Kier alpha value is -1.26. The number of hydrogen-bond donors (Lipinski definition) is 2. The minimum absolute atomic E-state index is 0.0920. The summed E-state index contributed by atoms with van der Waals surface area (Å²) in [6.07, 6.45) is 0.646. The number of carbonyl (C=O) groups is 1. The predicted octanol–water partition coefficient (Wildman–Crippen LogP) is 2.27. The maximum atomic E-state index is 11.8. The number of benzene rings is 1. The molecule has 1 atom stereocenters. The minimum atomic E-state index is -0.137. The molecule has 1 rings (SSSR count). The van der Waals surface area contributed by atoms with Gasteiger partial charge in [-0.05, 0) is 25.1 Å². The lowest BCUT2D eigenvalue weighted by Gasteiger charge is -2.13. The number of anilines is 1. The molecule has 1 aromatic carbocycles. The molecule has 5 heteroatoms. The average Bonchev–Trinajstić information content (AvgIpc) is 2.32. The zero-order valence-electron chi connectivity index (χ0n) is 10.00. The van der Waals surface area contributed by atoms with E-state index in [9.17, 15) is 4.79 Å².